The summed E-state index contributed by atoms with van der Waals surface area (Å²) in [5, 5.41) is 12.9. The van der Waals surface area contributed by atoms with Gasteiger partial charge in [0.2, 0.25) is 0 Å². The highest BCUT2D eigenvalue weighted by atomic mass is 16.3. The molecule has 0 spiro atoms. The molecule has 19 heavy (non-hydrogen) atoms. The molecule has 1 amide bonds. The first-order valence-corrected chi connectivity index (χ1v) is 7.01. The van der Waals surface area contributed by atoms with E-state index in [0.717, 1.165) is 19.3 Å². The summed E-state index contributed by atoms with van der Waals surface area (Å²) in [4.78, 5) is 12.2. The van der Waals surface area contributed by atoms with E-state index >= 15 is 0 Å². The van der Waals surface area contributed by atoms with Crippen molar-refractivity contribution in [3.05, 3.63) is 23.8 Å². The standard InChI is InChI=1S/C15H22N2O2/c1-2-10-6-3-4-9-13(10)17-15(19)11-7-5-8-12(16)14(11)18/h5,7-8,10,13,18H,2-4,6,9,16H2,1H3,(H,17,19). The van der Waals surface area contributed by atoms with Crippen LogP contribution in [0.25, 0.3) is 0 Å². The molecule has 0 radical (unpaired) electrons. The van der Waals surface area contributed by atoms with Crippen LogP contribution < -0.4 is 11.1 Å². The Balaban J connectivity index is 2.09. The highest BCUT2D eigenvalue weighted by Gasteiger charge is 2.26. The molecule has 4 heteroatoms. The SMILES string of the molecule is CCC1CCCCC1NC(=O)c1cccc(N)c1O. The number of phenols is 1. The predicted molar refractivity (Wildman–Crippen MR) is 76.0 cm³/mol. The maximum Gasteiger partial charge on any atom is 0.255 e. The number of para-hydroxylation sites is 1. The van der Waals surface area contributed by atoms with Gasteiger partial charge in [0.1, 0.15) is 0 Å². The molecule has 4 N–H and O–H groups in total. The van der Waals surface area contributed by atoms with E-state index in [4.69, 9.17) is 5.73 Å². The Morgan fingerprint density at radius 2 is 2.16 bits per heavy atom. The van der Waals surface area contributed by atoms with Crippen LogP contribution in [0.15, 0.2) is 18.2 Å². The minimum atomic E-state index is -0.227. The molecule has 2 rings (SSSR count). The van der Waals surface area contributed by atoms with E-state index in [-0.39, 0.29) is 28.9 Å². The van der Waals surface area contributed by atoms with Crippen molar-refractivity contribution in [2.75, 3.05) is 5.73 Å². The number of hydrogen-bond donors (Lipinski definition) is 3. The molecule has 1 saturated carbocycles. The van der Waals surface area contributed by atoms with Crippen molar-refractivity contribution in [2.24, 2.45) is 5.92 Å². The third-order valence-corrected chi connectivity index (χ3v) is 4.06. The van der Waals surface area contributed by atoms with Crippen LogP contribution >= 0.6 is 0 Å². The molecular weight excluding hydrogens is 240 g/mol. The molecule has 1 aromatic carbocycles. The van der Waals surface area contributed by atoms with Gasteiger partial charge in [0.15, 0.2) is 5.75 Å². The molecular formula is C15H22N2O2. The molecule has 1 aliphatic carbocycles. The molecule has 2 atom stereocenters. The number of benzene rings is 1. The topological polar surface area (TPSA) is 75.4 Å². The number of anilines is 1. The predicted octanol–water partition coefficient (Wildman–Crippen LogP) is 2.67. The van der Waals surface area contributed by atoms with Crippen LogP contribution in [0, 0.1) is 5.92 Å². The first-order valence-electron chi connectivity index (χ1n) is 7.01. The lowest BCUT2D eigenvalue weighted by Gasteiger charge is -2.31. The first kappa shape index (κ1) is 13.7. The summed E-state index contributed by atoms with van der Waals surface area (Å²) >= 11 is 0. The molecule has 104 valence electrons. The summed E-state index contributed by atoms with van der Waals surface area (Å²) in [6.45, 7) is 2.16. The molecule has 0 aromatic heterocycles. The second-order valence-corrected chi connectivity index (χ2v) is 5.28. The van der Waals surface area contributed by atoms with Gasteiger partial charge in [-0.3, -0.25) is 4.79 Å². The van der Waals surface area contributed by atoms with Gasteiger partial charge < -0.3 is 16.2 Å². The van der Waals surface area contributed by atoms with Gasteiger partial charge in [-0.15, -0.1) is 0 Å². The summed E-state index contributed by atoms with van der Waals surface area (Å²) in [6.07, 6.45) is 5.67. The largest absolute Gasteiger partial charge is 0.505 e. The summed E-state index contributed by atoms with van der Waals surface area (Å²) in [7, 11) is 0. The van der Waals surface area contributed by atoms with E-state index in [9.17, 15) is 9.90 Å². The Morgan fingerprint density at radius 1 is 1.42 bits per heavy atom. The number of hydrogen-bond acceptors (Lipinski definition) is 3. The van der Waals surface area contributed by atoms with E-state index in [2.05, 4.69) is 12.2 Å². The van der Waals surface area contributed by atoms with E-state index in [1.54, 1.807) is 18.2 Å². The second-order valence-electron chi connectivity index (χ2n) is 5.28. The van der Waals surface area contributed by atoms with Crippen molar-refractivity contribution < 1.29 is 9.90 Å². The lowest BCUT2D eigenvalue weighted by molar-refractivity contribution is 0.0902. The molecule has 0 bridgehead atoms. The molecule has 1 fully saturated rings. The van der Waals surface area contributed by atoms with Crippen LogP contribution in [0.4, 0.5) is 5.69 Å². The molecule has 1 aliphatic rings. The number of phenolic OH excluding ortho intramolecular Hbond substituents is 1. The van der Waals surface area contributed by atoms with Crippen molar-refractivity contribution in [3.63, 3.8) is 0 Å². The number of rotatable bonds is 3. The smallest absolute Gasteiger partial charge is 0.255 e. The Morgan fingerprint density at radius 3 is 2.89 bits per heavy atom. The Hall–Kier alpha value is -1.71. The van der Waals surface area contributed by atoms with Gasteiger partial charge in [-0.25, -0.2) is 0 Å². The van der Waals surface area contributed by atoms with Crippen LogP contribution in [0.3, 0.4) is 0 Å². The number of aromatic hydroxyl groups is 1. The second kappa shape index (κ2) is 5.95. The van der Waals surface area contributed by atoms with Gasteiger partial charge in [-0.1, -0.05) is 32.3 Å². The van der Waals surface area contributed by atoms with Crippen molar-refractivity contribution in [3.8, 4) is 5.75 Å². The van der Waals surface area contributed by atoms with Crippen molar-refractivity contribution in [1.82, 2.24) is 5.32 Å². The minimum Gasteiger partial charge on any atom is -0.505 e. The Kier molecular flexibility index (Phi) is 4.30. The van der Waals surface area contributed by atoms with Crippen LogP contribution in [-0.2, 0) is 0 Å². The number of carbonyl (C=O) groups excluding carboxylic acids is 1. The van der Waals surface area contributed by atoms with E-state index in [0.29, 0.717) is 5.92 Å². The molecule has 1 aromatic rings. The highest BCUT2D eigenvalue weighted by molar-refractivity contribution is 5.98. The average Bonchev–Trinajstić information content (AvgIpc) is 2.42. The molecule has 0 aliphatic heterocycles. The zero-order chi connectivity index (χ0) is 13.8. The molecule has 4 nitrogen and oxygen atoms in total. The van der Waals surface area contributed by atoms with Gasteiger partial charge in [0, 0.05) is 6.04 Å². The number of nitrogens with one attached hydrogen (secondary N) is 1. The monoisotopic (exact) mass is 262 g/mol. The zero-order valence-corrected chi connectivity index (χ0v) is 11.4. The number of carbonyl (C=O) groups is 1. The summed E-state index contributed by atoms with van der Waals surface area (Å²) in [5.41, 5.74) is 6.12. The summed E-state index contributed by atoms with van der Waals surface area (Å²) in [5.74, 6) is 0.194. The van der Waals surface area contributed by atoms with Gasteiger partial charge in [-0.2, -0.15) is 0 Å². The van der Waals surface area contributed by atoms with Crippen molar-refractivity contribution in [1.29, 1.82) is 0 Å². The Labute approximate surface area is 114 Å². The third-order valence-electron chi connectivity index (χ3n) is 4.06. The number of amides is 1. The first-order chi connectivity index (χ1) is 9.13. The quantitative estimate of drug-likeness (QED) is 0.579. The van der Waals surface area contributed by atoms with Gasteiger partial charge in [0.05, 0.1) is 11.3 Å². The third kappa shape index (κ3) is 3.00. The van der Waals surface area contributed by atoms with Crippen molar-refractivity contribution >= 4 is 11.6 Å². The lowest BCUT2D eigenvalue weighted by Crippen LogP contribution is -2.41. The van der Waals surface area contributed by atoms with E-state index in [1.807, 2.05) is 0 Å². The molecule has 0 heterocycles. The maximum atomic E-state index is 12.2. The van der Waals surface area contributed by atoms with Crippen LogP contribution in [-0.4, -0.2) is 17.1 Å². The van der Waals surface area contributed by atoms with Crippen LogP contribution in [0.1, 0.15) is 49.4 Å². The fraction of sp³-hybridized carbons (Fsp3) is 0.533. The van der Waals surface area contributed by atoms with Crippen molar-refractivity contribution in [2.45, 2.75) is 45.1 Å². The van der Waals surface area contributed by atoms with Crippen LogP contribution in [0.5, 0.6) is 5.75 Å². The fourth-order valence-electron chi connectivity index (χ4n) is 2.88. The van der Waals surface area contributed by atoms with Gasteiger partial charge in [-0.05, 0) is 30.9 Å². The number of nitrogen functional groups attached to an aromatic ring is 1. The summed E-state index contributed by atoms with van der Waals surface area (Å²) < 4.78 is 0. The lowest BCUT2D eigenvalue weighted by atomic mass is 9.83. The Bertz CT molecular complexity index is 459. The van der Waals surface area contributed by atoms with E-state index in [1.165, 1.54) is 12.8 Å². The zero-order valence-electron chi connectivity index (χ0n) is 11.4. The maximum absolute atomic E-state index is 12.2. The minimum absolute atomic E-state index is 0.121. The number of nitrogens with two attached hydrogens (primary N) is 1. The highest BCUT2D eigenvalue weighted by Crippen LogP contribution is 2.28. The molecule has 2 unspecified atom stereocenters. The normalized spacial score (nSPS) is 23.0. The molecule has 0 saturated heterocycles. The summed E-state index contributed by atoms with van der Waals surface area (Å²) in [6, 6.07) is 5.08. The van der Waals surface area contributed by atoms with Gasteiger partial charge in [0.25, 0.3) is 5.91 Å². The fourth-order valence-corrected chi connectivity index (χ4v) is 2.88. The van der Waals surface area contributed by atoms with E-state index < -0.39 is 0 Å². The average molecular weight is 262 g/mol. The van der Waals surface area contributed by atoms with Gasteiger partial charge >= 0.3 is 0 Å². The van der Waals surface area contributed by atoms with Crippen LogP contribution in [0.2, 0.25) is 0 Å².